The molecule has 88 valence electrons. The Bertz CT molecular complexity index is 529. The van der Waals surface area contributed by atoms with E-state index in [1.807, 2.05) is 31.2 Å². The number of para-hydroxylation sites is 1. The van der Waals surface area contributed by atoms with E-state index >= 15 is 0 Å². The molecule has 0 saturated carbocycles. The third-order valence-electron chi connectivity index (χ3n) is 2.44. The topological polar surface area (TPSA) is 35.0 Å². The molecule has 1 heterocycles. The molecule has 1 aromatic heterocycles. The van der Waals surface area contributed by atoms with Crippen molar-refractivity contribution >= 4 is 11.6 Å². The standard InChI is InChI=1S/C13H13ClN2O/c1-3-13-15-10(8-12(14)16-13)9-6-4-5-7-11(9)17-2/h4-8H,3H2,1-2H3. The molecule has 4 heteroatoms. The van der Waals surface area contributed by atoms with Crippen molar-refractivity contribution in [3.8, 4) is 17.0 Å². The van der Waals surface area contributed by atoms with Gasteiger partial charge in [-0.15, -0.1) is 0 Å². The molecule has 0 N–H and O–H groups in total. The first-order valence-corrected chi connectivity index (χ1v) is 5.79. The monoisotopic (exact) mass is 248 g/mol. The van der Waals surface area contributed by atoms with Gasteiger partial charge in [0.2, 0.25) is 0 Å². The minimum atomic E-state index is 0.456. The number of hydrogen-bond acceptors (Lipinski definition) is 3. The lowest BCUT2D eigenvalue weighted by atomic mass is 10.1. The maximum atomic E-state index is 5.98. The first-order chi connectivity index (χ1) is 8.24. The Labute approximate surface area is 105 Å². The van der Waals surface area contributed by atoms with Crippen LogP contribution in [0.3, 0.4) is 0 Å². The van der Waals surface area contributed by atoms with Crippen LogP contribution in [0, 0.1) is 0 Å². The molecule has 0 aliphatic heterocycles. The molecule has 0 unspecified atom stereocenters. The highest BCUT2D eigenvalue weighted by Crippen LogP contribution is 2.29. The highest BCUT2D eigenvalue weighted by molar-refractivity contribution is 6.29. The summed E-state index contributed by atoms with van der Waals surface area (Å²) in [6.45, 7) is 2.00. The van der Waals surface area contributed by atoms with Gasteiger partial charge in [0.25, 0.3) is 0 Å². The lowest BCUT2D eigenvalue weighted by molar-refractivity contribution is 0.416. The Morgan fingerprint density at radius 3 is 2.71 bits per heavy atom. The van der Waals surface area contributed by atoms with Crippen molar-refractivity contribution in [2.75, 3.05) is 7.11 Å². The molecule has 0 atom stereocenters. The zero-order valence-corrected chi connectivity index (χ0v) is 10.5. The van der Waals surface area contributed by atoms with Crippen molar-refractivity contribution < 1.29 is 4.74 Å². The Hall–Kier alpha value is -1.61. The van der Waals surface area contributed by atoms with Crippen molar-refractivity contribution in [1.82, 2.24) is 9.97 Å². The van der Waals surface area contributed by atoms with Gasteiger partial charge in [0.05, 0.1) is 12.8 Å². The van der Waals surface area contributed by atoms with E-state index in [4.69, 9.17) is 16.3 Å². The summed E-state index contributed by atoms with van der Waals surface area (Å²) in [4.78, 5) is 8.60. The Morgan fingerprint density at radius 2 is 2.00 bits per heavy atom. The van der Waals surface area contributed by atoms with E-state index in [0.29, 0.717) is 5.15 Å². The van der Waals surface area contributed by atoms with E-state index in [1.165, 1.54) is 0 Å². The van der Waals surface area contributed by atoms with Gasteiger partial charge in [-0.05, 0) is 12.1 Å². The van der Waals surface area contributed by atoms with Crippen LogP contribution in [0.2, 0.25) is 5.15 Å². The summed E-state index contributed by atoms with van der Waals surface area (Å²) in [6.07, 6.45) is 0.753. The van der Waals surface area contributed by atoms with Crippen LogP contribution in [-0.2, 0) is 6.42 Å². The van der Waals surface area contributed by atoms with Crippen molar-refractivity contribution in [2.24, 2.45) is 0 Å². The van der Waals surface area contributed by atoms with Crippen LogP contribution in [0.25, 0.3) is 11.3 Å². The molecule has 17 heavy (non-hydrogen) atoms. The maximum absolute atomic E-state index is 5.98. The molecule has 0 amide bonds. The first kappa shape index (κ1) is 11.9. The molecule has 0 aliphatic rings. The van der Waals surface area contributed by atoms with E-state index in [9.17, 15) is 0 Å². The minimum Gasteiger partial charge on any atom is -0.496 e. The fourth-order valence-corrected chi connectivity index (χ4v) is 1.82. The fourth-order valence-electron chi connectivity index (χ4n) is 1.62. The van der Waals surface area contributed by atoms with E-state index in [0.717, 1.165) is 29.3 Å². The average molecular weight is 249 g/mol. The highest BCUT2D eigenvalue weighted by Gasteiger charge is 2.08. The van der Waals surface area contributed by atoms with Gasteiger partial charge in [-0.2, -0.15) is 0 Å². The van der Waals surface area contributed by atoms with Crippen LogP contribution in [0.15, 0.2) is 30.3 Å². The van der Waals surface area contributed by atoms with Gasteiger partial charge < -0.3 is 4.74 Å². The van der Waals surface area contributed by atoms with Crippen LogP contribution in [0.5, 0.6) is 5.75 Å². The summed E-state index contributed by atoms with van der Waals surface area (Å²) in [5, 5.41) is 0.456. The Kier molecular flexibility index (Phi) is 3.59. The van der Waals surface area contributed by atoms with Crippen molar-refractivity contribution in [3.05, 3.63) is 41.3 Å². The van der Waals surface area contributed by atoms with Gasteiger partial charge in [-0.3, -0.25) is 0 Å². The van der Waals surface area contributed by atoms with Crippen LogP contribution in [0.1, 0.15) is 12.7 Å². The molecule has 0 radical (unpaired) electrons. The summed E-state index contributed by atoms with van der Waals surface area (Å²) in [7, 11) is 1.64. The molecule has 0 aliphatic carbocycles. The lowest BCUT2D eigenvalue weighted by Crippen LogP contribution is -1.97. The smallest absolute Gasteiger partial charge is 0.133 e. The summed E-state index contributed by atoms with van der Waals surface area (Å²) in [5.41, 5.74) is 1.72. The molecule has 3 nitrogen and oxygen atoms in total. The number of ether oxygens (including phenoxy) is 1. The number of halogens is 1. The van der Waals surface area contributed by atoms with Gasteiger partial charge in [0.1, 0.15) is 16.7 Å². The number of methoxy groups -OCH3 is 1. The zero-order chi connectivity index (χ0) is 12.3. The number of benzene rings is 1. The molecular formula is C13H13ClN2O. The van der Waals surface area contributed by atoms with E-state index in [-0.39, 0.29) is 0 Å². The van der Waals surface area contributed by atoms with Gasteiger partial charge in [-0.25, -0.2) is 9.97 Å². The Balaban J connectivity index is 2.55. The van der Waals surface area contributed by atoms with E-state index in [1.54, 1.807) is 13.2 Å². The second-order valence-electron chi connectivity index (χ2n) is 3.55. The van der Waals surface area contributed by atoms with Crippen LogP contribution in [-0.4, -0.2) is 17.1 Å². The third-order valence-corrected chi connectivity index (χ3v) is 2.63. The van der Waals surface area contributed by atoms with Gasteiger partial charge in [-0.1, -0.05) is 30.7 Å². The summed E-state index contributed by atoms with van der Waals surface area (Å²) >= 11 is 5.98. The van der Waals surface area contributed by atoms with Crippen LogP contribution in [0.4, 0.5) is 0 Å². The lowest BCUT2D eigenvalue weighted by Gasteiger charge is -2.08. The summed E-state index contributed by atoms with van der Waals surface area (Å²) < 4.78 is 5.31. The largest absolute Gasteiger partial charge is 0.496 e. The van der Waals surface area contributed by atoms with Crippen molar-refractivity contribution in [2.45, 2.75) is 13.3 Å². The number of nitrogens with zero attached hydrogens (tertiary/aromatic N) is 2. The van der Waals surface area contributed by atoms with Crippen molar-refractivity contribution in [3.63, 3.8) is 0 Å². The maximum Gasteiger partial charge on any atom is 0.133 e. The molecule has 1 aromatic carbocycles. The SMILES string of the molecule is CCc1nc(Cl)cc(-c2ccccc2OC)n1. The molecule has 0 saturated heterocycles. The quantitative estimate of drug-likeness (QED) is 0.782. The number of rotatable bonds is 3. The average Bonchev–Trinajstić information content (AvgIpc) is 2.37. The minimum absolute atomic E-state index is 0.456. The summed E-state index contributed by atoms with van der Waals surface area (Å²) in [5.74, 6) is 1.52. The first-order valence-electron chi connectivity index (χ1n) is 5.41. The predicted molar refractivity (Wildman–Crippen MR) is 68.4 cm³/mol. The Morgan fingerprint density at radius 1 is 1.24 bits per heavy atom. The van der Waals surface area contributed by atoms with Gasteiger partial charge in [0, 0.05) is 18.1 Å². The van der Waals surface area contributed by atoms with Crippen LogP contribution < -0.4 is 4.74 Å². The number of aromatic nitrogens is 2. The predicted octanol–water partition coefficient (Wildman–Crippen LogP) is 3.37. The molecular weight excluding hydrogens is 236 g/mol. The second-order valence-corrected chi connectivity index (χ2v) is 3.93. The summed E-state index contributed by atoms with van der Waals surface area (Å²) in [6, 6.07) is 9.47. The van der Waals surface area contributed by atoms with Gasteiger partial charge >= 0.3 is 0 Å². The zero-order valence-electron chi connectivity index (χ0n) is 9.77. The molecule has 2 rings (SSSR count). The fraction of sp³-hybridized carbons (Fsp3) is 0.231. The van der Waals surface area contributed by atoms with Crippen LogP contribution >= 0.6 is 11.6 Å². The third kappa shape index (κ3) is 2.56. The van der Waals surface area contributed by atoms with Gasteiger partial charge in [0.15, 0.2) is 0 Å². The van der Waals surface area contributed by atoms with Crippen molar-refractivity contribution in [1.29, 1.82) is 0 Å². The molecule has 0 spiro atoms. The molecule has 0 fully saturated rings. The molecule has 2 aromatic rings. The number of aryl methyl sites for hydroxylation is 1. The van der Waals surface area contributed by atoms with E-state index in [2.05, 4.69) is 9.97 Å². The molecule has 0 bridgehead atoms. The second kappa shape index (κ2) is 5.15. The number of hydrogen-bond donors (Lipinski definition) is 0. The highest BCUT2D eigenvalue weighted by atomic mass is 35.5. The van der Waals surface area contributed by atoms with E-state index < -0.39 is 0 Å². The normalized spacial score (nSPS) is 10.3.